The van der Waals surface area contributed by atoms with Crippen LogP contribution in [0.25, 0.3) is 6.08 Å². The average molecular weight is 526 g/mol. The Labute approximate surface area is 192 Å². The molecule has 0 fully saturated rings. The zero-order valence-corrected chi connectivity index (χ0v) is 19.1. The van der Waals surface area contributed by atoms with E-state index in [1.165, 1.54) is 0 Å². The van der Waals surface area contributed by atoms with Crippen molar-refractivity contribution in [3.05, 3.63) is 104 Å². The average Bonchev–Trinajstić information content (AvgIpc) is 2.77. The summed E-state index contributed by atoms with van der Waals surface area (Å²) in [7, 11) is 0. The van der Waals surface area contributed by atoms with Crippen molar-refractivity contribution in [3.63, 3.8) is 0 Å². The van der Waals surface area contributed by atoms with E-state index in [2.05, 4.69) is 37.2 Å². The second kappa shape index (κ2) is 10.8. The number of ether oxygens (including phenoxy) is 1. The molecule has 1 N–H and O–H groups in total. The van der Waals surface area contributed by atoms with E-state index in [0.29, 0.717) is 18.9 Å². The summed E-state index contributed by atoms with van der Waals surface area (Å²) in [5, 5.41) is 12.2. The van der Waals surface area contributed by atoms with Crippen LogP contribution >= 0.6 is 31.9 Å². The van der Waals surface area contributed by atoms with Crippen LogP contribution < -0.4 is 10.1 Å². The lowest BCUT2D eigenvalue weighted by atomic mass is 10.1. The van der Waals surface area contributed by atoms with Gasteiger partial charge in [0.05, 0.1) is 4.47 Å². The standard InChI is InChI=1S/C24H18Br2N2O2/c25-21-9-6-18(7-10-21)16-30-23-11-8-19(13-22(23)26)12-20(14-27)24(29)28-15-17-4-2-1-3-5-17/h1-13H,15-16H2,(H,28,29)/b20-12-. The molecule has 3 aromatic carbocycles. The molecule has 0 aliphatic carbocycles. The third-order valence-electron chi connectivity index (χ3n) is 4.24. The van der Waals surface area contributed by atoms with E-state index in [9.17, 15) is 10.1 Å². The lowest BCUT2D eigenvalue weighted by Gasteiger charge is -2.09. The number of nitriles is 1. The number of carbonyl (C=O) groups is 1. The maximum atomic E-state index is 12.3. The van der Waals surface area contributed by atoms with Gasteiger partial charge in [0.15, 0.2) is 0 Å². The summed E-state index contributed by atoms with van der Waals surface area (Å²) < 4.78 is 7.62. The number of amides is 1. The quantitative estimate of drug-likeness (QED) is 0.303. The normalized spacial score (nSPS) is 10.9. The van der Waals surface area contributed by atoms with Crippen molar-refractivity contribution in [1.82, 2.24) is 5.32 Å². The third kappa shape index (κ3) is 6.31. The molecule has 6 heteroatoms. The summed E-state index contributed by atoms with van der Waals surface area (Å²) in [5.41, 5.74) is 2.79. The molecule has 1 amide bonds. The summed E-state index contributed by atoms with van der Waals surface area (Å²) in [6, 6.07) is 24.9. The van der Waals surface area contributed by atoms with Gasteiger partial charge in [-0.25, -0.2) is 0 Å². The Kier molecular flexibility index (Phi) is 7.83. The van der Waals surface area contributed by atoms with Gasteiger partial charge >= 0.3 is 0 Å². The van der Waals surface area contributed by atoms with Crippen molar-refractivity contribution in [1.29, 1.82) is 5.26 Å². The lowest BCUT2D eigenvalue weighted by molar-refractivity contribution is -0.117. The molecule has 0 saturated heterocycles. The Morgan fingerprint density at radius 2 is 1.73 bits per heavy atom. The summed E-state index contributed by atoms with van der Waals surface area (Å²) >= 11 is 6.91. The predicted molar refractivity (Wildman–Crippen MR) is 124 cm³/mol. The van der Waals surface area contributed by atoms with Gasteiger partial charge in [-0.15, -0.1) is 0 Å². The summed E-state index contributed by atoms with van der Waals surface area (Å²) in [6.07, 6.45) is 1.56. The van der Waals surface area contributed by atoms with Gasteiger partial charge in [0.25, 0.3) is 5.91 Å². The first-order chi connectivity index (χ1) is 14.5. The monoisotopic (exact) mass is 524 g/mol. The molecular formula is C24H18Br2N2O2. The number of nitrogens with one attached hydrogen (secondary N) is 1. The molecular weight excluding hydrogens is 508 g/mol. The smallest absolute Gasteiger partial charge is 0.262 e. The highest BCUT2D eigenvalue weighted by Gasteiger charge is 2.10. The first-order valence-electron chi connectivity index (χ1n) is 9.16. The molecule has 0 radical (unpaired) electrons. The fourth-order valence-electron chi connectivity index (χ4n) is 2.65. The van der Waals surface area contributed by atoms with E-state index >= 15 is 0 Å². The van der Waals surface area contributed by atoms with Crippen LogP contribution in [0.5, 0.6) is 5.75 Å². The molecule has 0 bridgehead atoms. The van der Waals surface area contributed by atoms with E-state index < -0.39 is 5.91 Å². The molecule has 4 nitrogen and oxygen atoms in total. The molecule has 3 rings (SSSR count). The molecule has 0 aromatic heterocycles. The highest BCUT2D eigenvalue weighted by atomic mass is 79.9. The Hall–Kier alpha value is -2.88. The fraction of sp³-hybridized carbons (Fsp3) is 0.0833. The Morgan fingerprint density at radius 3 is 2.40 bits per heavy atom. The first-order valence-corrected chi connectivity index (χ1v) is 10.7. The summed E-state index contributed by atoms with van der Waals surface area (Å²) in [5.74, 6) is 0.273. The van der Waals surface area contributed by atoms with Crippen LogP contribution in [0.3, 0.4) is 0 Å². The van der Waals surface area contributed by atoms with Crippen LogP contribution in [-0.2, 0) is 17.9 Å². The lowest BCUT2D eigenvalue weighted by Crippen LogP contribution is -2.23. The SMILES string of the molecule is N#C/C(=C/c1ccc(OCc2ccc(Br)cc2)c(Br)c1)C(=O)NCc1ccccc1. The summed E-state index contributed by atoms with van der Waals surface area (Å²) in [6.45, 7) is 0.803. The second-order valence-corrected chi connectivity index (χ2v) is 8.21. The van der Waals surface area contributed by atoms with Crippen LogP contribution in [-0.4, -0.2) is 5.91 Å². The topological polar surface area (TPSA) is 62.1 Å². The van der Waals surface area contributed by atoms with E-state index in [1.54, 1.807) is 6.08 Å². The maximum Gasteiger partial charge on any atom is 0.262 e. The van der Waals surface area contributed by atoms with Crippen LogP contribution in [0.1, 0.15) is 16.7 Å². The third-order valence-corrected chi connectivity index (χ3v) is 5.38. The van der Waals surface area contributed by atoms with Gasteiger partial charge in [0, 0.05) is 11.0 Å². The Morgan fingerprint density at radius 1 is 1.00 bits per heavy atom. The molecule has 3 aromatic rings. The highest BCUT2D eigenvalue weighted by molar-refractivity contribution is 9.10. The van der Waals surface area contributed by atoms with Crippen molar-refractivity contribution in [2.24, 2.45) is 0 Å². The van der Waals surface area contributed by atoms with Crippen molar-refractivity contribution >= 4 is 43.8 Å². The van der Waals surface area contributed by atoms with Crippen molar-refractivity contribution in [3.8, 4) is 11.8 Å². The fourth-order valence-corrected chi connectivity index (χ4v) is 3.43. The second-order valence-electron chi connectivity index (χ2n) is 6.44. The van der Waals surface area contributed by atoms with Crippen molar-refractivity contribution in [2.75, 3.05) is 0 Å². The Balaban J connectivity index is 1.64. The number of nitrogens with zero attached hydrogens (tertiary/aromatic N) is 1. The largest absolute Gasteiger partial charge is 0.488 e. The molecule has 0 aliphatic heterocycles. The molecule has 0 unspecified atom stereocenters. The van der Waals surface area contributed by atoms with Crippen molar-refractivity contribution in [2.45, 2.75) is 13.2 Å². The minimum Gasteiger partial charge on any atom is -0.488 e. The highest BCUT2D eigenvalue weighted by Crippen LogP contribution is 2.28. The maximum absolute atomic E-state index is 12.3. The van der Waals surface area contributed by atoms with Gasteiger partial charge < -0.3 is 10.1 Å². The van der Waals surface area contributed by atoms with E-state index in [4.69, 9.17) is 4.74 Å². The minimum atomic E-state index is -0.409. The molecule has 0 aliphatic rings. The number of halogens is 2. The Bertz CT molecular complexity index is 1090. The molecule has 0 heterocycles. The molecule has 30 heavy (non-hydrogen) atoms. The van der Waals surface area contributed by atoms with Gasteiger partial charge in [-0.1, -0.05) is 64.5 Å². The predicted octanol–water partition coefficient (Wildman–Crippen LogP) is 6.01. The number of carbonyl (C=O) groups excluding carboxylic acids is 1. The molecule has 0 atom stereocenters. The zero-order valence-electron chi connectivity index (χ0n) is 15.9. The van der Waals surface area contributed by atoms with E-state index in [1.807, 2.05) is 78.9 Å². The molecule has 150 valence electrons. The van der Waals surface area contributed by atoms with Gasteiger partial charge in [-0.3, -0.25) is 4.79 Å². The minimum absolute atomic E-state index is 0.0429. The van der Waals surface area contributed by atoms with Crippen LogP contribution in [0, 0.1) is 11.3 Å². The van der Waals surface area contributed by atoms with Gasteiger partial charge in [-0.2, -0.15) is 5.26 Å². The van der Waals surface area contributed by atoms with Gasteiger partial charge in [0.2, 0.25) is 0 Å². The number of benzene rings is 3. The van der Waals surface area contributed by atoms with Crippen LogP contribution in [0.15, 0.2) is 87.3 Å². The van der Waals surface area contributed by atoms with Gasteiger partial charge in [-0.05, 0) is 63.0 Å². The number of hydrogen-bond acceptors (Lipinski definition) is 3. The van der Waals surface area contributed by atoms with Crippen LogP contribution in [0.4, 0.5) is 0 Å². The van der Waals surface area contributed by atoms with Crippen molar-refractivity contribution < 1.29 is 9.53 Å². The number of rotatable bonds is 7. The van der Waals surface area contributed by atoms with Crippen LogP contribution in [0.2, 0.25) is 0 Å². The zero-order chi connectivity index (χ0) is 21.3. The molecule has 0 spiro atoms. The van der Waals surface area contributed by atoms with E-state index in [0.717, 1.165) is 25.6 Å². The first kappa shape index (κ1) is 21.8. The molecule has 0 saturated carbocycles. The van der Waals surface area contributed by atoms with E-state index in [-0.39, 0.29) is 5.57 Å². The van der Waals surface area contributed by atoms with Gasteiger partial charge in [0.1, 0.15) is 24.0 Å². The number of hydrogen-bond donors (Lipinski definition) is 1. The summed E-state index contributed by atoms with van der Waals surface area (Å²) in [4.78, 5) is 12.3.